The fourth-order valence-electron chi connectivity index (χ4n) is 3.01. The lowest BCUT2D eigenvalue weighted by Gasteiger charge is -2.10. The van der Waals surface area contributed by atoms with E-state index in [0.717, 1.165) is 41.9 Å². The molecule has 0 aliphatic rings. The topological polar surface area (TPSA) is 45.2 Å². The lowest BCUT2D eigenvalue weighted by atomic mass is 10.1. The zero-order chi connectivity index (χ0) is 19.1. The van der Waals surface area contributed by atoms with Gasteiger partial charge in [-0.2, -0.15) is 0 Å². The van der Waals surface area contributed by atoms with Crippen molar-refractivity contribution in [3.05, 3.63) is 64.7 Å². The van der Waals surface area contributed by atoms with E-state index in [0.29, 0.717) is 13.0 Å². The second kappa shape index (κ2) is 9.62. The number of fused-ring (bicyclic) bond motifs is 1. The average Bonchev–Trinajstić information content (AvgIpc) is 3.07. The van der Waals surface area contributed by atoms with Gasteiger partial charge < -0.3 is 10.2 Å². The van der Waals surface area contributed by atoms with E-state index in [1.807, 2.05) is 12.1 Å². The number of para-hydroxylation sites is 1. The van der Waals surface area contributed by atoms with Crippen LogP contribution < -0.4 is 5.32 Å². The van der Waals surface area contributed by atoms with Crippen molar-refractivity contribution in [3.63, 3.8) is 0 Å². The van der Waals surface area contributed by atoms with E-state index in [1.165, 1.54) is 10.3 Å². The number of nitrogens with zero attached hydrogens (tertiary/aromatic N) is 2. The fraction of sp³-hybridized carbons (Fsp3) is 0.364. The van der Waals surface area contributed by atoms with Crippen molar-refractivity contribution in [1.29, 1.82) is 0 Å². The Morgan fingerprint density at radius 2 is 1.78 bits per heavy atom. The van der Waals surface area contributed by atoms with Crippen LogP contribution in [0.25, 0.3) is 10.2 Å². The van der Waals surface area contributed by atoms with Crippen LogP contribution in [0, 0.1) is 0 Å². The molecule has 142 valence electrons. The monoisotopic (exact) mass is 381 g/mol. The van der Waals surface area contributed by atoms with Gasteiger partial charge in [-0.25, -0.2) is 4.98 Å². The van der Waals surface area contributed by atoms with Crippen molar-refractivity contribution < 1.29 is 4.79 Å². The number of carbonyl (C=O) groups is 1. The molecule has 0 unspecified atom stereocenters. The molecule has 3 aromatic rings. The SMILES string of the molecule is CN(C)Cc1ccc(CNC(=O)CCCCc2nc3ccccc3s2)cc1. The molecule has 0 fully saturated rings. The van der Waals surface area contributed by atoms with Gasteiger partial charge in [-0.15, -0.1) is 11.3 Å². The molecule has 1 heterocycles. The molecule has 0 bridgehead atoms. The first kappa shape index (κ1) is 19.5. The lowest BCUT2D eigenvalue weighted by molar-refractivity contribution is -0.121. The number of hydrogen-bond donors (Lipinski definition) is 1. The highest BCUT2D eigenvalue weighted by molar-refractivity contribution is 7.18. The molecule has 0 aliphatic carbocycles. The zero-order valence-corrected chi connectivity index (χ0v) is 16.9. The Bertz CT molecular complexity index is 838. The second-order valence-electron chi connectivity index (χ2n) is 7.11. The molecule has 0 radical (unpaired) electrons. The molecule has 0 atom stereocenters. The van der Waals surface area contributed by atoms with E-state index in [4.69, 9.17) is 0 Å². The van der Waals surface area contributed by atoms with Gasteiger partial charge in [0.15, 0.2) is 0 Å². The molecule has 0 saturated heterocycles. The third-order valence-corrected chi connectivity index (χ3v) is 5.49. The van der Waals surface area contributed by atoms with E-state index >= 15 is 0 Å². The minimum Gasteiger partial charge on any atom is -0.352 e. The molecule has 1 aromatic heterocycles. The van der Waals surface area contributed by atoms with Gasteiger partial charge in [0.05, 0.1) is 15.2 Å². The molecule has 3 rings (SSSR count). The maximum atomic E-state index is 12.1. The van der Waals surface area contributed by atoms with Crippen LogP contribution in [0.1, 0.15) is 35.4 Å². The van der Waals surface area contributed by atoms with E-state index in [1.54, 1.807) is 11.3 Å². The number of amides is 1. The fourth-order valence-corrected chi connectivity index (χ4v) is 4.01. The van der Waals surface area contributed by atoms with Crippen molar-refractivity contribution in [2.75, 3.05) is 14.1 Å². The lowest BCUT2D eigenvalue weighted by Crippen LogP contribution is -2.22. The summed E-state index contributed by atoms with van der Waals surface area (Å²) in [6, 6.07) is 16.7. The van der Waals surface area contributed by atoms with Crippen LogP contribution in [-0.2, 0) is 24.3 Å². The van der Waals surface area contributed by atoms with E-state index < -0.39 is 0 Å². The normalized spacial score (nSPS) is 11.2. The van der Waals surface area contributed by atoms with Gasteiger partial charge in [0.1, 0.15) is 0 Å². The Morgan fingerprint density at radius 1 is 1.04 bits per heavy atom. The third kappa shape index (κ3) is 6.15. The Labute approximate surface area is 165 Å². The number of thiazole rings is 1. The maximum Gasteiger partial charge on any atom is 0.220 e. The molecule has 27 heavy (non-hydrogen) atoms. The van der Waals surface area contributed by atoms with Crippen molar-refractivity contribution in [3.8, 4) is 0 Å². The standard InChI is InChI=1S/C22H27N3OS/c1-25(2)16-18-13-11-17(12-14-18)15-23-21(26)9-5-6-10-22-24-19-7-3-4-8-20(19)27-22/h3-4,7-8,11-14H,5-6,9-10,15-16H2,1-2H3,(H,23,26). The summed E-state index contributed by atoms with van der Waals surface area (Å²) in [5.41, 5.74) is 3.50. The van der Waals surface area contributed by atoms with Crippen molar-refractivity contribution in [2.24, 2.45) is 0 Å². The third-order valence-electron chi connectivity index (χ3n) is 4.39. The predicted octanol–water partition coefficient (Wildman–Crippen LogP) is 4.39. The minimum atomic E-state index is 0.122. The first-order valence-electron chi connectivity index (χ1n) is 9.44. The molecule has 1 N–H and O–H groups in total. The number of nitrogens with one attached hydrogen (secondary N) is 1. The van der Waals surface area contributed by atoms with Gasteiger partial charge in [-0.05, 0) is 56.6 Å². The Kier molecular flexibility index (Phi) is 6.96. The number of benzene rings is 2. The molecule has 2 aromatic carbocycles. The molecular formula is C22H27N3OS. The molecule has 0 aliphatic heterocycles. The van der Waals surface area contributed by atoms with Gasteiger partial charge in [0, 0.05) is 19.5 Å². The first-order valence-corrected chi connectivity index (χ1v) is 10.3. The van der Waals surface area contributed by atoms with Crippen LogP contribution in [-0.4, -0.2) is 29.9 Å². The van der Waals surface area contributed by atoms with Crippen molar-refractivity contribution in [2.45, 2.75) is 38.8 Å². The van der Waals surface area contributed by atoms with Crippen LogP contribution in [0.4, 0.5) is 0 Å². The number of aryl methyl sites for hydroxylation is 1. The van der Waals surface area contributed by atoms with Gasteiger partial charge in [-0.1, -0.05) is 36.4 Å². The quantitative estimate of drug-likeness (QED) is 0.559. The van der Waals surface area contributed by atoms with Gasteiger partial charge in [-0.3, -0.25) is 4.79 Å². The highest BCUT2D eigenvalue weighted by atomic mass is 32.1. The molecule has 5 heteroatoms. The number of hydrogen-bond acceptors (Lipinski definition) is 4. The van der Waals surface area contributed by atoms with E-state index in [2.05, 4.69) is 65.7 Å². The highest BCUT2D eigenvalue weighted by Crippen LogP contribution is 2.22. The van der Waals surface area contributed by atoms with Crippen LogP contribution in [0.15, 0.2) is 48.5 Å². The van der Waals surface area contributed by atoms with Crippen molar-refractivity contribution >= 4 is 27.5 Å². The largest absolute Gasteiger partial charge is 0.352 e. The molecular weight excluding hydrogens is 354 g/mol. The summed E-state index contributed by atoms with van der Waals surface area (Å²) >= 11 is 1.75. The zero-order valence-electron chi connectivity index (χ0n) is 16.1. The van der Waals surface area contributed by atoms with Crippen molar-refractivity contribution in [1.82, 2.24) is 15.2 Å². The summed E-state index contributed by atoms with van der Waals surface area (Å²) in [4.78, 5) is 18.8. The smallest absolute Gasteiger partial charge is 0.220 e. The second-order valence-corrected chi connectivity index (χ2v) is 8.23. The number of aromatic nitrogens is 1. The summed E-state index contributed by atoms with van der Waals surface area (Å²) in [6.45, 7) is 1.53. The predicted molar refractivity (Wildman–Crippen MR) is 113 cm³/mol. The Balaban J connectivity index is 1.34. The maximum absolute atomic E-state index is 12.1. The summed E-state index contributed by atoms with van der Waals surface area (Å²) in [5.74, 6) is 0.122. The molecule has 4 nitrogen and oxygen atoms in total. The molecule has 0 saturated carbocycles. The van der Waals surface area contributed by atoms with E-state index in [-0.39, 0.29) is 5.91 Å². The van der Waals surface area contributed by atoms with Gasteiger partial charge in [0.25, 0.3) is 0 Å². The first-order chi connectivity index (χ1) is 13.1. The summed E-state index contributed by atoms with van der Waals surface area (Å²) in [5, 5.41) is 4.18. The molecule has 1 amide bonds. The van der Waals surface area contributed by atoms with Crippen LogP contribution in [0.5, 0.6) is 0 Å². The molecule has 0 spiro atoms. The van der Waals surface area contributed by atoms with Crippen LogP contribution in [0.2, 0.25) is 0 Å². The Morgan fingerprint density at radius 3 is 2.52 bits per heavy atom. The number of rotatable bonds is 9. The highest BCUT2D eigenvalue weighted by Gasteiger charge is 2.05. The number of carbonyl (C=O) groups excluding carboxylic acids is 1. The summed E-state index contributed by atoms with van der Waals surface area (Å²) in [6.07, 6.45) is 3.40. The van der Waals surface area contributed by atoms with E-state index in [9.17, 15) is 4.79 Å². The summed E-state index contributed by atoms with van der Waals surface area (Å²) in [7, 11) is 4.12. The van der Waals surface area contributed by atoms with Crippen LogP contribution >= 0.6 is 11.3 Å². The van der Waals surface area contributed by atoms with Crippen LogP contribution in [0.3, 0.4) is 0 Å². The summed E-state index contributed by atoms with van der Waals surface area (Å²) < 4.78 is 1.24. The Hall–Kier alpha value is -2.24. The van der Waals surface area contributed by atoms with Gasteiger partial charge >= 0.3 is 0 Å². The number of unbranched alkanes of at least 4 members (excludes halogenated alkanes) is 1. The average molecular weight is 382 g/mol. The van der Waals surface area contributed by atoms with Gasteiger partial charge in [0.2, 0.25) is 5.91 Å². The minimum absolute atomic E-state index is 0.122.